The van der Waals surface area contributed by atoms with Gasteiger partial charge in [0.2, 0.25) is 0 Å². The average molecular weight is 229 g/mol. The molecule has 4 heteroatoms. The molecule has 1 aromatic heterocycles. The van der Waals surface area contributed by atoms with Gasteiger partial charge in [-0.1, -0.05) is 18.2 Å². The molecule has 0 bridgehead atoms. The van der Waals surface area contributed by atoms with Crippen LogP contribution >= 0.6 is 0 Å². The lowest BCUT2D eigenvalue weighted by molar-refractivity contribution is -0.131. The quantitative estimate of drug-likeness (QED) is 0.799. The van der Waals surface area contributed by atoms with Crippen LogP contribution in [0.3, 0.4) is 0 Å². The van der Waals surface area contributed by atoms with E-state index >= 15 is 0 Å². The Morgan fingerprint density at radius 2 is 2.06 bits per heavy atom. The summed E-state index contributed by atoms with van der Waals surface area (Å²) < 4.78 is 1.33. The lowest BCUT2D eigenvalue weighted by atomic mass is 10.1. The van der Waals surface area contributed by atoms with Crippen LogP contribution < -0.4 is 5.56 Å². The van der Waals surface area contributed by atoms with E-state index < -0.39 is 5.97 Å². The molecule has 0 fully saturated rings. The van der Waals surface area contributed by atoms with Crippen LogP contribution in [0.15, 0.2) is 41.2 Å². The van der Waals surface area contributed by atoms with Gasteiger partial charge in [-0.3, -0.25) is 9.36 Å². The highest BCUT2D eigenvalue weighted by atomic mass is 16.4. The normalized spacial score (nSPS) is 11.1. The van der Waals surface area contributed by atoms with E-state index in [0.29, 0.717) is 5.52 Å². The van der Waals surface area contributed by atoms with Gasteiger partial charge in [0.25, 0.3) is 5.56 Å². The maximum absolute atomic E-state index is 11.8. The maximum atomic E-state index is 11.8. The number of fused-ring (bicyclic) bond motifs is 1. The highest BCUT2D eigenvalue weighted by Crippen LogP contribution is 2.15. The number of carboxylic acid groups (broad SMARTS) is 1. The van der Waals surface area contributed by atoms with Crippen LogP contribution in [0, 0.1) is 6.92 Å². The number of hydrogen-bond donors (Lipinski definition) is 1. The minimum atomic E-state index is -1.08. The third-order valence-electron chi connectivity index (χ3n) is 2.53. The smallest absolute Gasteiger partial charge is 0.329 e. The van der Waals surface area contributed by atoms with Crippen molar-refractivity contribution in [3.63, 3.8) is 0 Å². The summed E-state index contributed by atoms with van der Waals surface area (Å²) in [5.74, 6) is -1.08. The molecule has 17 heavy (non-hydrogen) atoms. The summed E-state index contributed by atoms with van der Waals surface area (Å²) in [6.07, 6.45) is 2.22. The van der Waals surface area contributed by atoms with Gasteiger partial charge in [0.15, 0.2) is 0 Å². The largest absolute Gasteiger partial charge is 0.478 e. The first-order valence-electron chi connectivity index (χ1n) is 5.11. The summed E-state index contributed by atoms with van der Waals surface area (Å²) in [5, 5.41) is 9.52. The molecule has 0 saturated heterocycles. The molecular weight excluding hydrogens is 218 g/mol. The third kappa shape index (κ3) is 2.10. The summed E-state index contributed by atoms with van der Waals surface area (Å²) in [6.45, 7) is 1.86. The van der Waals surface area contributed by atoms with Crippen molar-refractivity contribution in [1.82, 2.24) is 4.57 Å². The Balaban J connectivity index is 2.78. The molecule has 1 aromatic carbocycles. The molecule has 0 atom stereocenters. The third-order valence-corrected chi connectivity index (χ3v) is 2.53. The number of hydrogen-bond acceptors (Lipinski definition) is 2. The van der Waals surface area contributed by atoms with Crippen LogP contribution in [-0.4, -0.2) is 15.6 Å². The van der Waals surface area contributed by atoms with Gasteiger partial charge in [0.05, 0.1) is 5.52 Å². The number of rotatable bonds is 2. The van der Waals surface area contributed by atoms with E-state index in [1.165, 1.54) is 16.8 Å². The topological polar surface area (TPSA) is 59.3 Å². The molecule has 1 heterocycles. The van der Waals surface area contributed by atoms with Crippen molar-refractivity contribution in [1.29, 1.82) is 0 Å². The van der Waals surface area contributed by atoms with Crippen LogP contribution in [0.4, 0.5) is 0 Å². The number of pyridine rings is 1. The van der Waals surface area contributed by atoms with Crippen molar-refractivity contribution >= 4 is 23.1 Å². The van der Waals surface area contributed by atoms with Gasteiger partial charge in [0.1, 0.15) is 0 Å². The zero-order valence-corrected chi connectivity index (χ0v) is 9.25. The van der Waals surface area contributed by atoms with Gasteiger partial charge >= 0.3 is 5.97 Å². The molecule has 0 aliphatic carbocycles. The monoisotopic (exact) mass is 229 g/mol. The Kier molecular flexibility index (Phi) is 2.78. The van der Waals surface area contributed by atoms with Crippen molar-refractivity contribution in [3.05, 3.63) is 52.3 Å². The number of aryl methyl sites for hydroxylation is 1. The first kappa shape index (κ1) is 11.1. The van der Waals surface area contributed by atoms with Gasteiger partial charge in [-0.05, 0) is 18.6 Å². The first-order chi connectivity index (χ1) is 8.09. The zero-order chi connectivity index (χ0) is 12.4. The summed E-state index contributed by atoms with van der Waals surface area (Å²) in [6, 6.07) is 8.87. The number of aliphatic carboxylic acids is 1. The van der Waals surface area contributed by atoms with E-state index in [4.69, 9.17) is 5.11 Å². The number of carbonyl (C=O) groups is 1. The predicted octanol–water partition coefficient (Wildman–Crippen LogP) is 1.87. The Hall–Kier alpha value is -2.36. The van der Waals surface area contributed by atoms with E-state index in [-0.39, 0.29) is 5.56 Å². The van der Waals surface area contributed by atoms with Crippen LogP contribution in [0.1, 0.15) is 5.56 Å². The molecule has 0 radical (unpaired) electrons. The number of carboxylic acids is 1. The average Bonchev–Trinajstić information content (AvgIpc) is 2.28. The molecule has 0 saturated carbocycles. The fourth-order valence-electron chi connectivity index (χ4n) is 1.76. The summed E-state index contributed by atoms with van der Waals surface area (Å²) in [5.41, 5.74) is 1.35. The van der Waals surface area contributed by atoms with Crippen molar-refractivity contribution in [2.24, 2.45) is 0 Å². The van der Waals surface area contributed by atoms with E-state index in [2.05, 4.69) is 0 Å². The van der Waals surface area contributed by atoms with Gasteiger partial charge in [0, 0.05) is 23.7 Å². The molecule has 0 aliphatic heterocycles. The molecule has 86 valence electrons. The molecule has 4 nitrogen and oxygen atoms in total. The number of para-hydroxylation sites is 1. The minimum Gasteiger partial charge on any atom is -0.478 e. The summed E-state index contributed by atoms with van der Waals surface area (Å²) in [4.78, 5) is 22.3. The van der Waals surface area contributed by atoms with Gasteiger partial charge in [-0.2, -0.15) is 0 Å². The molecule has 2 rings (SSSR count). The maximum Gasteiger partial charge on any atom is 0.329 e. The Morgan fingerprint density at radius 3 is 2.76 bits per heavy atom. The van der Waals surface area contributed by atoms with Gasteiger partial charge in [-0.25, -0.2) is 4.79 Å². The van der Waals surface area contributed by atoms with E-state index in [1.54, 1.807) is 6.07 Å². The van der Waals surface area contributed by atoms with E-state index in [0.717, 1.165) is 17.0 Å². The molecule has 0 unspecified atom stereocenters. The second-order valence-corrected chi connectivity index (χ2v) is 3.71. The van der Waals surface area contributed by atoms with E-state index in [9.17, 15) is 9.59 Å². The van der Waals surface area contributed by atoms with Crippen LogP contribution in [0.2, 0.25) is 0 Å². The Bertz CT molecular complexity index is 668. The number of aromatic nitrogens is 1. The highest BCUT2D eigenvalue weighted by molar-refractivity contribution is 5.87. The predicted molar refractivity (Wildman–Crippen MR) is 65.9 cm³/mol. The lowest BCUT2D eigenvalue weighted by Gasteiger charge is -2.07. The second-order valence-electron chi connectivity index (χ2n) is 3.71. The van der Waals surface area contributed by atoms with Crippen LogP contribution in [0.25, 0.3) is 17.1 Å². The Morgan fingerprint density at radius 1 is 1.35 bits per heavy atom. The summed E-state index contributed by atoms with van der Waals surface area (Å²) >= 11 is 0. The minimum absolute atomic E-state index is 0.237. The number of benzene rings is 1. The number of nitrogens with zero attached hydrogens (tertiary/aromatic N) is 1. The fourth-order valence-corrected chi connectivity index (χ4v) is 1.76. The molecule has 0 amide bonds. The second kappa shape index (κ2) is 4.25. The standard InChI is InChI=1S/C13H11NO3/c1-9-8-12(15)14(7-6-13(16)17)11-5-3-2-4-10(9)11/h2-8H,1H3,(H,16,17)/b7-6-. The van der Waals surface area contributed by atoms with Gasteiger partial charge < -0.3 is 5.11 Å². The highest BCUT2D eigenvalue weighted by Gasteiger charge is 2.03. The van der Waals surface area contributed by atoms with E-state index in [1.807, 2.05) is 25.1 Å². The molecule has 0 spiro atoms. The van der Waals surface area contributed by atoms with Gasteiger partial charge in [-0.15, -0.1) is 0 Å². The molecule has 1 N–H and O–H groups in total. The van der Waals surface area contributed by atoms with Crippen molar-refractivity contribution in [2.75, 3.05) is 0 Å². The van der Waals surface area contributed by atoms with Crippen molar-refractivity contribution in [2.45, 2.75) is 6.92 Å². The Labute approximate surface area is 97.4 Å². The zero-order valence-electron chi connectivity index (χ0n) is 9.25. The van der Waals surface area contributed by atoms with Crippen molar-refractivity contribution < 1.29 is 9.90 Å². The van der Waals surface area contributed by atoms with Crippen molar-refractivity contribution in [3.8, 4) is 0 Å². The SMILES string of the molecule is Cc1cc(=O)n(/C=C\C(=O)O)c2ccccc12. The molecular formula is C13H11NO3. The molecule has 0 aliphatic rings. The van der Waals surface area contributed by atoms with Crippen LogP contribution in [0.5, 0.6) is 0 Å². The molecule has 2 aromatic rings. The lowest BCUT2D eigenvalue weighted by Crippen LogP contribution is -2.15. The summed E-state index contributed by atoms with van der Waals surface area (Å²) in [7, 11) is 0. The van der Waals surface area contributed by atoms with Crippen LogP contribution in [-0.2, 0) is 4.79 Å². The fraction of sp³-hybridized carbons (Fsp3) is 0.0769. The first-order valence-corrected chi connectivity index (χ1v) is 5.11.